The zero-order chi connectivity index (χ0) is 10.8. The molecule has 0 bridgehead atoms. The average Bonchev–Trinajstić information content (AvgIpc) is 2.44. The summed E-state index contributed by atoms with van der Waals surface area (Å²) >= 11 is 0. The van der Waals surface area contributed by atoms with E-state index in [2.05, 4.69) is 24.3 Å². The minimum Gasteiger partial charge on any atom is -0.409 e. The number of hydrogen-bond donors (Lipinski definition) is 3. The number of ether oxygens (including phenoxy) is 1. The molecule has 1 aliphatic heterocycles. The van der Waals surface area contributed by atoms with Crippen molar-refractivity contribution in [2.24, 2.45) is 10.9 Å². The van der Waals surface area contributed by atoms with Crippen LogP contribution in [0.3, 0.4) is 0 Å². The first kappa shape index (κ1) is 11.3. The molecule has 0 spiro atoms. The van der Waals surface area contributed by atoms with Crippen LogP contribution in [0.25, 0.3) is 0 Å². The number of nitrogens with zero attached hydrogens (tertiary/aromatic N) is 1. The standard InChI is InChI=1S/C9H19N3O2/c1-6(8(10)12-13)11-7-4-9(2,3)14-5-7/h6-7,11,13H,4-5H2,1-3H3,(H2,10,12). The summed E-state index contributed by atoms with van der Waals surface area (Å²) in [6.45, 7) is 6.65. The maximum Gasteiger partial charge on any atom is 0.156 e. The molecule has 5 nitrogen and oxygen atoms in total. The van der Waals surface area contributed by atoms with Gasteiger partial charge in [0.15, 0.2) is 5.84 Å². The molecule has 0 saturated carbocycles. The monoisotopic (exact) mass is 201 g/mol. The highest BCUT2D eigenvalue weighted by molar-refractivity contribution is 5.84. The minimum absolute atomic E-state index is 0.0670. The van der Waals surface area contributed by atoms with Crippen molar-refractivity contribution >= 4 is 5.84 Å². The highest BCUT2D eigenvalue weighted by Crippen LogP contribution is 2.24. The number of hydrogen-bond acceptors (Lipinski definition) is 4. The van der Waals surface area contributed by atoms with Crippen LogP contribution in [-0.4, -0.2) is 35.3 Å². The van der Waals surface area contributed by atoms with Crippen molar-refractivity contribution in [1.82, 2.24) is 5.32 Å². The van der Waals surface area contributed by atoms with Crippen LogP contribution in [0, 0.1) is 0 Å². The van der Waals surface area contributed by atoms with Crippen molar-refractivity contribution in [3.05, 3.63) is 0 Å². The van der Waals surface area contributed by atoms with Gasteiger partial charge in [-0.25, -0.2) is 0 Å². The van der Waals surface area contributed by atoms with Crippen LogP contribution < -0.4 is 11.1 Å². The van der Waals surface area contributed by atoms with Gasteiger partial charge in [0.1, 0.15) is 0 Å². The second-order valence-electron chi connectivity index (χ2n) is 4.38. The highest BCUT2D eigenvalue weighted by Gasteiger charge is 2.32. The van der Waals surface area contributed by atoms with Crippen LogP contribution in [0.2, 0.25) is 0 Å². The van der Waals surface area contributed by atoms with Gasteiger partial charge >= 0.3 is 0 Å². The lowest BCUT2D eigenvalue weighted by Crippen LogP contribution is -2.45. The minimum atomic E-state index is -0.123. The number of amidine groups is 1. The molecule has 0 aromatic heterocycles. The van der Waals surface area contributed by atoms with Gasteiger partial charge < -0.3 is 21.0 Å². The van der Waals surface area contributed by atoms with E-state index in [1.807, 2.05) is 6.92 Å². The SMILES string of the molecule is CC(NC1COC(C)(C)C1)/C(N)=N/O. The quantitative estimate of drug-likeness (QED) is 0.265. The van der Waals surface area contributed by atoms with Crippen LogP contribution in [0.4, 0.5) is 0 Å². The smallest absolute Gasteiger partial charge is 0.156 e. The maximum absolute atomic E-state index is 8.47. The molecule has 0 aliphatic carbocycles. The van der Waals surface area contributed by atoms with Crippen molar-refractivity contribution < 1.29 is 9.94 Å². The Hall–Kier alpha value is -0.810. The van der Waals surface area contributed by atoms with E-state index in [4.69, 9.17) is 15.7 Å². The fourth-order valence-electron chi connectivity index (χ4n) is 1.67. The Morgan fingerprint density at radius 2 is 2.36 bits per heavy atom. The molecule has 1 rings (SSSR count). The van der Waals surface area contributed by atoms with Crippen LogP contribution >= 0.6 is 0 Å². The first-order valence-electron chi connectivity index (χ1n) is 4.82. The lowest BCUT2D eigenvalue weighted by atomic mass is 10.0. The molecule has 2 atom stereocenters. The van der Waals surface area contributed by atoms with Crippen LogP contribution in [0.1, 0.15) is 27.2 Å². The van der Waals surface area contributed by atoms with Crippen molar-refractivity contribution in [3.8, 4) is 0 Å². The zero-order valence-corrected chi connectivity index (χ0v) is 8.95. The largest absolute Gasteiger partial charge is 0.409 e. The van der Waals surface area contributed by atoms with Gasteiger partial charge in [-0.3, -0.25) is 0 Å². The van der Waals surface area contributed by atoms with E-state index in [-0.39, 0.29) is 23.5 Å². The summed E-state index contributed by atoms with van der Waals surface area (Å²) in [4.78, 5) is 0. The number of nitrogens with one attached hydrogen (secondary N) is 1. The molecule has 1 aliphatic rings. The molecule has 1 fully saturated rings. The van der Waals surface area contributed by atoms with Crippen molar-refractivity contribution in [1.29, 1.82) is 0 Å². The fourth-order valence-corrected chi connectivity index (χ4v) is 1.67. The van der Waals surface area contributed by atoms with Crippen molar-refractivity contribution in [2.45, 2.75) is 44.9 Å². The molecule has 0 aromatic carbocycles. The zero-order valence-electron chi connectivity index (χ0n) is 8.95. The molecule has 1 saturated heterocycles. The molecule has 2 unspecified atom stereocenters. The van der Waals surface area contributed by atoms with Gasteiger partial charge in [-0.1, -0.05) is 5.16 Å². The van der Waals surface area contributed by atoms with Crippen LogP contribution in [0.5, 0.6) is 0 Å². The van der Waals surface area contributed by atoms with E-state index < -0.39 is 0 Å². The third-order valence-corrected chi connectivity index (χ3v) is 2.46. The summed E-state index contributed by atoms with van der Waals surface area (Å²) < 4.78 is 5.56. The van der Waals surface area contributed by atoms with Gasteiger partial charge in [0.05, 0.1) is 18.2 Å². The summed E-state index contributed by atoms with van der Waals surface area (Å²) in [5.41, 5.74) is 5.39. The maximum atomic E-state index is 8.47. The van der Waals surface area contributed by atoms with Gasteiger partial charge in [-0.15, -0.1) is 0 Å². The number of nitrogens with two attached hydrogens (primary N) is 1. The molecule has 0 amide bonds. The van der Waals surface area contributed by atoms with Gasteiger partial charge in [0.25, 0.3) is 0 Å². The molecule has 5 heteroatoms. The predicted molar refractivity (Wildman–Crippen MR) is 54.4 cm³/mol. The van der Waals surface area contributed by atoms with Crippen molar-refractivity contribution in [2.75, 3.05) is 6.61 Å². The average molecular weight is 201 g/mol. The second-order valence-corrected chi connectivity index (χ2v) is 4.38. The lowest BCUT2D eigenvalue weighted by molar-refractivity contribution is 0.0356. The Labute approximate surface area is 84.3 Å². The van der Waals surface area contributed by atoms with E-state index in [0.717, 1.165) is 6.42 Å². The third kappa shape index (κ3) is 2.85. The molecular formula is C9H19N3O2. The third-order valence-electron chi connectivity index (χ3n) is 2.46. The highest BCUT2D eigenvalue weighted by atomic mass is 16.5. The lowest BCUT2D eigenvalue weighted by Gasteiger charge is -2.18. The Morgan fingerprint density at radius 1 is 1.71 bits per heavy atom. The van der Waals surface area contributed by atoms with Gasteiger partial charge in [0, 0.05) is 6.04 Å². The molecule has 1 heterocycles. The Kier molecular flexibility index (Phi) is 3.34. The summed E-state index contributed by atoms with van der Waals surface area (Å²) in [7, 11) is 0. The number of oxime groups is 1. The van der Waals surface area contributed by atoms with E-state index in [0.29, 0.717) is 6.61 Å². The Balaban J connectivity index is 2.40. The molecular weight excluding hydrogens is 182 g/mol. The van der Waals surface area contributed by atoms with E-state index >= 15 is 0 Å². The normalized spacial score (nSPS) is 29.1. The van der Waals surface area contributed by atoms with Crippen LogP contribution in [-0.2, 0) is 4.74 Å². The fraction of sp³-hybridized carbons (Fsp3) is 0.889. The van der Waals surface area contributed by atoms with Crippen LogP contribution in [0.15, 0.2) is 5.16 Å². The van der Waals surface area contributed by atoms with Crippen molar-refractivity contribution in [3.63, 3.8) is 0 Å². The first-order valence-corrected chi connectivity index (χ1v) is 4.82. The first-order chi connectivity index (χ1) is 6.44. The summed E-state index contributed by atoms with van der Waals surface area (Å²) in [6, 6.07) is 0.155. The number of rotatable bonds is 3. The van der Waals surface area contributed by atoms with Gasteiger partial charge in [-0.05, 0) is 27.2 Å². The topological polar surface area (TPSA) is 79.9 Å². The molecule has 14 heavy (non-hydrogen) atoms. The second kappa shape index (κ2) is 4.14. The van der Waals surface area contributed by atoms with E-state index in [9.17, 15) is 0 Å². The Morgan fingerprint density at radius 3 is 2.79 bits per heavy atom. The molecule has 4 N–H and O–H groups in total. The molecule has 82 valence electrons. The summed E-state index contributed by atoms with van der Waals surface area (Å²) in [6.07, 6.45) is 0.941. The van der Waals surface area contributed by atoms with Gasteiger partial charge in [-0.2, -0.15) is 0 Å². The van der Waals surface area contributed by atoms with E-state index in [1.165, 1.54) is 0 Å². The summed E-state index contributed by atoms with van der Waals surface area (Å²) in [5, 5.41) is 14.7. The molecule has 0 radical (unpaired) electrons. The summed E-state index contributed by atoms with van der Waals surface area (Å²) in [5.74, 6) is 0.203. The molecule has 0 aromatic rings. The predicted octanol–water partition coefficient (Wildman–Crippen LogP) is 0.278. The van der Waals surface area contributed by atoms with E-state index in [1.54, 1.807) is 0 Å². The Bertz CT molecular complexity index is 228. The van der Waals surface area contributed by atoms with Gasteiger partial charge in [0.2, 0.25) is 0 Å².